The van der Waals surface area contributed by atoms with Crippen LogP contribution in [0.15, 0.2) is 11.3 Å². The number of hydrogen-bond donors (Lipinski definition) is 1. The summed E-state index contributed by atoms with van der Waals surface area (Å²) >= 11 is 7.09. The summed E-state index contributed by atoms with van der Waals surface area (Å²) in [6, 6.07) is 0. The predicted octanol–water partition coefficient (Wildman–Crippen LogP) is 1.06. The van der Waals surface area contributed by atoms with E-state index in [1.54, 1.807) is 11.1 Å². The van der Waals surface area contributed by atoms with Gasteiger partial charge in [0.25, 0.3) is 5.96 Å². The van der Waals surface area contributed by atoms with E-state index >= 15 is 0 Å². The van der Waals surface area contributed by atoms with E-state index in [1.807, 2.05) is 6.92 Å². The zero-order chi connectivity index (χ0) is 16.8. The number of ether oxygens (including phenoxy) is 2. The molecular formula is C11H17ClN6O4S. The maximum Gasteiger partial charge on any atom is 0.279 e. The van der Waals surface area contributed by atoms with Crippen LogP contribution in [0, 0.1) is 10.1 Å². The molecule has 2 rings (SSSR count). The number of nitro groups is 1. The summed E-state index contributed by atoms with van der Waals surface area (Å²) in [7, 11) is 0. The first kappa shape index (κ1) is 17.8. The van der Waals surface area contributed by atoms with Gasteiger partial charge in [-0.1, -0.05) is 18.5 Å². The van der Waals surface area contributed by atoms with Crippen molar-refractivity contribution in [2.45, 2.75) is 26.1 Å². The fourth-order valence-electron chi connectivity index (χ4n) is 1.84. The summed E-state index contributed by atoms with van der Waals surface area (Å²) in [6.45, 7) is 2.56. The lowest BCUT2D eigenvalue weighted by Crippen LogP contribution is -2.52. The van der Waals surface area contributed by atoms with E-state index in [1.165, 1.54) is 16.2 Å². The lowest BCUT2D eigenvalue weighted by atomic mass is 10.4. The molecular weight excluding hydrogens is 348 g/mol. The average Bonchev–Trinajstić information content (AvgIpc) is 2.92. The molecule has 10 nitrogen and oxygen atoms in total. The van der Waals surface area contributed by atoms with Gasteiger partial charge in [-0.2, -0.15) is 0 Å². The van der Waals surface area contributed by atoms with Crippen LogP contribution in [0.1, 0.15) is 18.2 Å². The average molecular weight is 365 g/mol. The van der Waals surface area contributed by atoms with Crippen molar-refractivity contribution in [3.8, 4) is 0 Å². The Morgan fingerprint density at radius 3 is 3.00 bits per heavy atom. The van der Waals surface area contributed by atoms with Crippen LogP contribution in [0.4, 0.5) is 0 Å². The molecule has 1 aromatic rings. The van der Waals surface area contributed by atoms with Crippen LogP contribution >= 0.6 is 22.9 Å². The van der Waals surface area contributed by atoms with E-state index in [0.717, 1.165) is 4.88 Å². The molecule has 0 aliphatic carbocycles. The fourth-order valence-corrected chi connectivity index (χ4v) is 2.83. The monoisotopic (exact) mass is 364 g/mol. The number of thiazole rings is 1. The fraction of sp³-hybridized carbons (Fsp3) is 0.636. The molecule has 2 heterocycles. The summed E-state index contributed by atoms with van der Waals surface area (Å²) in [5.74, 6) is 0.147. The van der Waals surface area contributed by atoms with Crippen LogP contribution in [0.5, 0.6) is 0 Å². The first-order valence-electron chi connectivity index (χ1n) is 6.77. The van der Waals surface area contributed by atoms with E-state index in [9.17, 15) is 10.1 Å². The lowest BCUT2D eigenvalue weighted by molar-refractivity contribution is -0.487. The molecule has 0 saturated carbocycles. The summed E-state index contributed by atoms with van der Waals surface area (Å²) in [6.07, 6.45) is 1.78. The second-order valence-corrected chi connectivity index (χ2v) is 6.36. The number of nitrogens with zero attached hydrogens (tertiary/aromatic N) is 5. The number of halogens is 1. The van der Waals surface area contributed by atoms with Crippen molar-refractivity contribution in [2.24, 2.45) is 10.8 Å². The zero-order valence-electron chi connectivity index (χ0n) is 12.4. The second-order valence-electron chi connectivity index (χ2n) is 4.66. The van der Waals surface area contributed by atoms with Gasteiger partial charge in [0, 0.05) is 11.1 Å². The van der Waals surface area contributed by atoms with Crippen molar-refractivity contribution in [3.63, 3.8) is 0 Å². The van der Waals surface area contributed by atoms with Gasteiger partial charge in [-0.05, 0) is 6.42 Å². The molecule has 2 N–H and O–H groups in total. The molecule has 23 heavy (non-hydrogen) atoms. The molecule has 0 aromatic carbocycles. The Balaban J connectivity index is 2.11. The first-order chi connectivity index (χ1) is 11.0. The quantitative estimate of drug-likeness (QED) is 0.433. The lowest BCUT2D eigenvalue weighted by Gasteiger charge is -2.36. The largest absolute Gasteiger partial charge is 0.343 e. The van der Waals surface area contributed by atoms with Gasteiger partial charge >= 0.3 is 0 Å². The molecule has 1 saturated heterocycles. The molecule has 0 spiro atoms. The number of nitrogens with two attached hydrogens (primary N) is 1. The predicted molar refractivity (Wildman–Crippen MR) is 84.0 cm³/mol. The molecule has 128 valence electrons. The molecule has 0 amide bonds. The molecule has 1 aromatic heterocycles. The highest BCUT2D eigenvalue weighted by Gasteiger charge is 2.28. The Kier molecular flexibility index (Phi) is 6.47. The van der Waals surface area contributed by atoms with Crippen molar-refractivity contribution in [1.82, 2.24) is 14.8 Å². The van der Waals surface area contributed by atoms with Crippen molar-refractivity contribution >= 4 is 28.9 Å². The van der Waals surface area contributed by atoms with Gasteiger partial charge < -0.3 is 20.1 Å². The maximum absolute atomic E-state index is 10.8. The smallest absolute Gasteiger partial charge is 0.279 e. The van der Waals surface area contributed by atoms with E-state index in [4.69, 9.17) is 26.8 Å². The molecule has 1 fully saturated rings. The minimum Gasteiger partial charge on any atom is -0.343 e. The van der Waals surface area contributed by atoms with Crippen LogP contribution in [-0.2, 0) is 16.0 Å². The van der Waals surface area contributed by atoms with Crippen molar-refractivity contribution in [1.29, 1.82) is 0 Å². The Bertz CT molecular complexity index is 570. The van der Waals surface area contributed by atoms with Crippen molar-refractivity contribution in [3.05, 3.63) is 25.7 Å². The van der Waals surface area contributed by atoms with Crippen LogP contribution < -0.4 is 5.73 Å². The minimum absolute atomic E-state index is 0.0433. The molecule has 12 heteroatoms. The third-order valence-electron chi connectivity index (χ3n) is 2.95. The van der Waals surface area contributed by atoms with E-state index in [-0.39, 0.29) is 26.2 Å². The van der Waals surface area contributed by atoms with Gasteiger partial charge in [-0.25, -0.2) is 15.1 Å². The Morgan fingerprint density at radius 2 is 2.39 bits per heavy atom. The number of guanidine groups is 1. The first-order valence-corrected chi connectivity index (χ1v) is 7.97. The Labute approximate surface area is 141 Å². The third-order valence-corrected chi connectivity index (χ3v) is 4.05. The molecule has 1 unspecified atom stereocenters. The molecule has 1 aliphatic heterocycles. The van der Waals surface area contributed by atoms with Crippen LogP contribution in [0.3, 0.4) is 0 Å². The van der Waals surface area contributed by atoms with Gasteiger partial charge in [0.1, 0.15) is 31.5 Å². The summed E-state index contributed by atoms with van der Waals surface area (Å²) < 4.78 is 11.2. The zero-order valence-corrected chi connectivity index (χ0v) is 14.0. The molecule has 1 aliphatic rings. The van der Waals surface area contributed by atoms with Crippen molar-refractivity contribution < 1.29 is 14.5 Å². The number of hydrogen-bond acceptors (Lipinski definition) is 7. The highest BCUT2D eigenvalue weighted by atomic mass is 35.5. The molecule has 1 atom stereocenters. The molecule has 0 bridgehead atoms. The number of hydrazone groups is 1. The number of rotatable bonds is 7. The van der Waals surface area contributed by atoms with Crippen LogP contribution in [0.25, 0.3) is 0 Å². The highest BCUT2D eigenvalue weighted by molar-refractivity contribution is 7.15. The summed E-state index contributed by atoms with van der Waals surface area (Å²) in [4.78, 5) is 18.7. The van der Waals surface area contributed by atoms with Gasteiger partial charge in [0.2, 0.25) is 0 Å². The number of aromatic nitrogens is 1. The van der Waals surface area contributed by atoms with Gasteiger partial charge in [0.05, 0.1) is 6.54 Å². The van der Waals surface area contributed by atoms with Crippen LogP contribution in [0.2, 0.25) is 4.47 Å². The van der Waals surface area contributed by atoms with Crippen LogP contribution in [-0.4, -0.2) is 52.2 Å². The van der Waals surface area contributed by atoms with Gasteiger partial charge in [-0.3, -0.25) is 4.90 Å². The standard InChI is InChI=1S/C11H17ClN6O4S/c1-2-9(13)22-7-17-6-21-5-16(11(17)15-18(19)20)4-8-3-14-10(12)23-8/h3,9H,2,4-7,13H2,1H3/b15-11+. The maximum atomic E-state index is 10.8. The van der Waals surface area contributed by atoms with E-state index in [2.05, 4.69) is 10.1 Å². The van der Waals surface area contributed by atoms with E-state index in [0.29, 0.717) is 17.4 Å². The normalized spacial score (nSPS) is 18.5. The third kappa shape index (κ3) is 5.25. The topological polar surface area (TPSA) is 119 Å². The minimum atomic E-state index is -0.750. The SMILES string of the molecule is CCC(N)OCN1COCN(Cc2cnc(Cl)s2)/C1=N\[N+](=O)[O-]. The highest BCUT2D eigenvalue weighted by Crippen LogP contribution is 2.21. The van der Waals surface area contributed by atoms with Crippen molar-refractivity contribution in [2.75, 3.05) is 20.2 Å². The van der Waals surface area contributed by atoms with Gasteiger partial charge in [0.15, 0.2) is 9.50 Å². The van der Waals surface area contributed by atoms with E-state index < -0.39 is 11.3 Å². The Morgan fingerprint density at radius 1 is 1.65 bits per heavy atom. The summed E-state index contributed by atoms with van der Waals surface area (Å²) in [5, 5.41) is 13.5. The molecule has 0 radical (unpaired) electrons. The second kappa shape index (κ2) is 8.36. The summed E-state index contributed by atoms with van der Waals surface area (Å²) in [5.41, 5.74) is 5.70. The Hall–Kier alpha value is -1.53. The van der Waals surface area contributed by atoms with Gasteiger partial charge in [-0.15, -0.1) is 11.3 Å².